The first-order valence-electron chi connectivity index (χ1n) is 9.31. The molecule has 0 aromatic heterocycles. The van der Waals surface area contributed by atoms with Crippen LogP contribution in [0.5, 0.6) is 0 Å². The average molecular weight is 398 g/mol. The van der Waals surface area contributed by atoms with Gasteiger partial charge in [0, 0.05) is 6.42 Å². The van der Waals surface area contributed by atoms with Crippen LogP contribution < -0.4 is 0 Å². The number of fused-ring (bicyclic) bond motifs is 1. The molecule has 3 unspecified atom stereocenters. The normalized spacial score (nSPS) is 36.0. The molecule has 2 nitrogen and oxygen atoms in total. The Hall–Kier alpha value is -0.940. The Morgan fingerprint density at radius 3 is 2.07 bits per heavy atom. The molecule has 3 aliphatic carbocycles. The van der Waals surface area contributed by atoms with Crippen LogP contribution >= 0.6 is 0 Å². The van der Waals surface area contributed by atoms with E-state index in [1.165, 1.54) is 0 Å². The molecule has 0 amide bonds. The van der Waals surface area contributed by atoms with Crippen molar-refractivity contribution in [1.82, 2.24) is 0 Å². The van der Waals surface area contributed by atoms with Crippen molar-refractivity contribution in [2.45, 2.75) is 82.3 Å². The minimum absolute atomic E-state index is 0.0927. The lowest BCUT2D eigenvalue weighted by Crippen LogP contribution is -2.55. The Labute approximate surface area is 154 Å². The summed E-state index contributed by atoms with van der Waals surface area (Å²) in [6.07, 6.45) is -6.74. The number of hydrogen-bond donors (Lipinski definition) is 2. The van der Waals surface area contributed by atoms with E-state index >= 15 is 0 Å². The van der Waals surface area contributed by atoms with E-state index in [4.69, 9.17) is 0 Å². The smallest absolute Gasteiger partial charge is 0.393 e. The van der Waals surface area contributed by atoms with Crippen LogP contribution in [0.4, 0.5) is 26.3 Å². The van der Waals surface area contributed by atoms with E-state index in [0.717, 1.165) is 38.0 Å². The van der Waals surface area contributed by atoms with Crippen LogP contribution in [0, 0.1) is 34.5 Å². The summed E-state index contributed by atoms with van der Waals surface area (Å²) in [6, 6.07) is 0. The average Bonchev–Trinajstić information content (AvgIpc) is 3.19. The summed E-state index contributed by atoms with van der Waals surface area (Å²) in [5, 5.41) is 19.5. The number of aliphatic hydroxyl groups is 2. The minimum atomic E-state index is -5.91. The zero-order valence-electron chi connectivity index (χ0n) is 15.1. The zero-order chi connectivity index (χ0) is 20.3. The maximum Gasteiger partial charge on any atom is 0.438 e. The maximum atomic E-state index is 12.8. The molecule has 0 spiro atoms. The van der Waals surface area contributed by atoms with E-state index in [9.17, 15) is 36.6 Å². The van der Waals surface area contributed by atoms with Crippen LogP contribution in [0.3, 0.4) is 0 Å². The lowest BCUT2D eigenvalue weighted by molar-refractivity contribution is -0.343. The van der Waals surface area contributed by atoms with Gasteiger partial charge in [0.1, 0.15) is 0 Å². The van der Waals surface area contributed by atoms with Gasteiger partial charge in [-0.15, -0.1) is 0 Å². The van der Waals surface area contributed by atoms with Crippen molar-refractivity contribution in [3.63, 3.8) is 0 Å². The van der Waals surface area contributed by atoms with E-state index in [1.54, 1.807) is 0 Å². The lowest BCUT2D eigenvalue weighted by atomic mass is 9.60. The molecular weight excluding hydrogens is 374 g/mol. The van der Waals surface area contributed by atoms with Gasteiger partial charge in [-0.25, -0.2) is 0 Å². The SMILES string of the molecule is CC12CCCC(O)C1CC[C@@H]2C1(CC#CC(O)(C(F)(F)F)C(F)(F)F)CC1. The van der Waals surface area contributed by atoms with Crippen molar-refractivity contribution in [1.29, 1.82) is 0 Å². The predicted molar refractivity (Wildman–Crippen MR) is 85.3 cm³/mol. The molecule has 4 atom stereocenters. The molecule has 3 aliphatic rings. The van der Waals surface area contributed by atoms with E-state index in [1.807, 2.05) is 5.92 Å². The Morgan fingerprint density at radius 2 is 1.56 bits per heavy atom. The molecule has 3 fully saturated rings. The van der Waals surface area contributed by atoms with Crippen LogP contribution in [0.1, 0.15) is 58.3 Å². The highest BCUT2D eigenvalue weighted by molar-refractivity contribution is 5.24. The van der Waals surface area contributed by atoms with Gasteiger partial charge in [-0.2, -0.15) is 26.3 Å². The number of alkyl halides is 6. The van der Waals surface area contributed by atoms with Crippen LogP contribution in [0.25, 0.3) is 0 Å². The van der Waals surface area contributed by atoms with E-state index in [-0.39, 0.29) is 23.7 Å². The summed E-state index contributed by atoms with van der Waals surface area (Å²) in [4.78, 5) is 0. The second-order valence-corrected chi connectivity index (χ2v) is 8.75. The second-order valence-electron chi connectivity index (χ2n) is 8.75. The predicted octanol–water partition coefficient (Wildman–Crippen LogP) is 4.59. The molecule has 0 aromatic carbocycles. The van der Waals surface area contributed by atoms with Gasteiger partial charge in [-0.3, -0.25) is 0 Å². The number of halogens is 6. The molecule has 0 saturated heterocycles. The molecule has 0 bridgehead atoms. The third-order valence-corrected chi connectivity index (χ3v) is 7.25. The Bertz CT molecular complexity index is 625. The van der Waals surface area contributed by atoms with Crippen molar-refractivity contribution < 1.29 is 36.6 Å². The largest absolute Gasteiger partial charge is 0.438 e. The highest BCUT2D eigenvalue weighted by atomic mass is 19.4. The molecule has 3 rings (SSSR count). The maximum absolute atomic E-state index is 12.8. The zero-order valence-corrected chi connectivity index (χ0v) is 15.1. The minimum Gasteiger partial charge on any atom is -0.393 e. The van der Waals surface area contributed by atoms with Crippen molar-refractivity contribution in [2.75, 3.05) is 0 Å². The molecule has 0 aromatic rings. The third-order valence-electron chi connectivity index (χ3n) is 7.25. The first kappa shape index (κ1) is 20.8. The van der Waals surface area contributed by atoms with Gasteiger partial charge in [0.05, 0.1) is 6.10 Å². The van der Waals surface area contributed by atoms with E-state index < -0.39 is 29.5 Å². The van der Waals surface area contributed by atoms with Crippen molar-refractivity contribution >= 4 is 0 Å². The second kappa shape index (κ2) is 6.28. The molecule has 8 heteroatoms. The van der Waals surface area contributed by atoms with Crippen molar-refractivity contribution in [2.24, 2.45) is 22.7 Å². The van der Waals surface area contributed by atoms with Gasteiger partial charge in [0.15, 0.2) is 0 Å². The first-order valence-corrected chi connectivity index (χ1v) is 9.31. The quantitative estimate of drug-likeness (QED) is 0.528. The Kier molecular flexibility index (Phi) is 4.84. The number of hydrogen-bond acceptors (Lipinski definition) is 2. The molecule has 0 heterocycles. The van der Waals surface area contributed by atoms with Crippen LogP contribution in [-0.4, -0.2) is 34.3 Å². The highest BCUT2D eigenvalue weighted by Gasteiger charge is 2.70. The van der Waals surface area contributed by atoms with E-state index in [0.29, 0.717) is 12.8 Å². The summed E-state index contributed by atoms with van der Waals surface area (Å²) >= 11 is 0. The van der Waals surface area contributed by atoms with Crippen LogP contribution in [-0.2, 0) is 0 Å². The molecule has 154 valence electrons. The van der Waals surface area contributed by atoms with Crippen molar-refractivity contribution in [3.05, 3.63) is 0 Å². The van der Waals surface area contributed by atoms with Gasteiger partial charge in [-0.1, -0.05) is 19.3 Å². The fraction of sp³-hybridized carbons (Fsp3) is 0.895. The van der Waals surface area contributed by atoms with Gasteiger partial charge in [-0.05, 0) is 67.1 Å². The summed E-state index contributed by atoms with van der Waals surface area (Å²) in [7, 11) is 0. The highest BCUT2D eigenvalue weighted by Crippen LogP contribution is 2.68. The molecule has 0 radical (unpaired) electrons. The summed E-state index contributed by atoms with van der Waals surface area (Å²) in [6.45, 7) is 2.09. The number of rotatable bonds is 2. The topological polar surface area (TPSA) is 40.5 Å². The summed E-state index contributed by atoms with van der Waals surface area (Å²) < 4.78 is 76.6. The number of aliphatic hydroxyl groups excluding tert-OH is 1. The summed E-state index contributed by atoms with van der Waals surface area (Å²) in [5.41, 5.74) is -5.55. The molecule has 27 heavy (non-hydrogen) atoms. The van der Waals surface area contributed by atoms with Crippen LogP contribution in [0.15, 0.2) is 0 Å². The fourth-order valence-electron chi connectivity index (χ4n) is 5.61. The molecule has 0 aliphatic heterocycles. The van der Waals surface area contributed by atoms with Crippen molar-refractivity contribution in [3.8, 4) is 11.8 Å². The molecule has 2 N–H and O–H groups in total. The molecule has 3 saturated carbocycles. The standard InChI is InChI=1S/C19H24F6O2/c1-15-7-2-4-13(26)12(15)5-6-14(15)16(10-11-16)8-3-9-17(27,18(20,21)22)19(23,24)25/h12-14,26-27H,2,4-8,10-11H2,1H3/t12?,13?,14-,15?/m0/s1. The molecular formula is C19H24F6O2. The van der Waals surface area contributed by atoms with Gasteiger partial charge in [0.2, 0.25) is 0 Å². The fourth-order valence-corrected chi connectivity index (χ4v) is 5.61. The Balaban J connectivity index is 1.80. The van der Waals surface area contributed by atoms with E-state index in [2.05, 4.69) is 6.92 Å². The lowest BCUT2D eigenvalue weighted by Gasteiger charge is -2.46. The van der Waals surface area contributed by atoms with Crippen LogP contribution in [0.2, 0.25) is 0 Å². The first-order chi connectivity index (χ1) is 12.3. The Morgan fingerprint density at radius 1 is 0.963 bits per heavy atom. The van der Waals surface area contributed by atoms with Gasteiger partial charge >= 0.3 is 18.0 Å². The summed E-state index contributed by atoms with van der Waals surface area (Å²) in [5.74, 6) is 3.39. The third kappa shape index (κ3) is 3.25. The van der Waals surface area contributed by atoms with Gasteiger partial charge in [0.25, 0.3) is 0 Å². The monoisotopic (exact) mass is 398 g/mol. The van der Waals surface area contributed by atoms with Gasteiger partial charge < -0.3 is 10.2 Å².